The Labute approximate surface area is 124 Å². The molecule has 4 aliphatic rings. The van der Waals surface area contributed by atoms with Gasteiger partial charge in [-0.15, -0.1) is 0 Å². The van der Waals surface area contributed by atoms with Gasteiger partial charge in [-0.3, -0.25) is 4.79 Å². The molecule has 0 heterocycles. The summed E-state index contributed by atoms with van der Waals surface area (Å²) in [7, 11) is 1.67. The molecule has 4 aliphatic carbocycles. The summed E-state index contributed by atoms with van der Waals surface area (Å²) in [6.45, 7) is 1.24. The van der Waals surface area contributed by atoms with Gasteiger partial charge in [0.1, 0.15) is 0 Å². The summed E-state index contributed by atoms with van der Waals surface area (Å²) < 4.78 is 5.33. The van der Waals surface area contributed by atoms with Crippen LogP contribution in [-0.4, -0.2) is 30.5 Å². The normalized spacial score (nSPS) is 43.5. The number of methoxy groups -OCH3 is 1. The lowest BCUT2D eigenvalue weighted by atomic mass is 9.48. The molecule has 2 unspecified atom stereocenters. The SMILES string of the molecule is COCCNC(=O)CC12C[C@@H]3C[C@@H](CC(Br)(C3)C1)C2. The number of carbonyl (C=O) groups excluding carboxylic acids is 1. The molecule has 0 saturated heterocycles. The highest BCUT2D eigenvalue weighted by Gasteiger charge is 2.57. The molecule has 4 rings (SSSR count). The van der Waals surface area contributed by atoms with Crippen LogP contribution in [0.5, 0.6) is 0 Å². The first-order valence-electron chi connectivity index (χ1n) is 7.47. The maximum absolute atomic E-state index is 12.1. The third-order valence-electron chi connectivity index (χ3n) is 5.27. The van der Waals surface area contributed by atoms with Crippen LogP contribution in [0.4, 0.5) is 0 Å². The van der Waals surface area contributed by atoms with E-state index in [1.165, 1.54) is 38.5 Å². The van der Waals surface area contributed by atoms with Crippen LogP contribution in [0, 0.1) is 17.3 Å². The Bertz CT molecular complexity index is 357. The van der Waals surface area contributed by atoms with Gasteiger partial charge in [-0.2, -0.15) is 0 Å². The standard InChI is InChI=1S/C15H24BrNO2/c1-19-3-2-17-13(18)9-14-5-11-4-12(6-14)8-15(16,7-11)10-14/h11-12H,2-10H2,1H3,(H,17,18)/t11-,12+,14?,15?. The van der Waals surface area contributed by atoms with Gasteiger partial charge in [-0.25, -0.2) is 0 Å². The van der Waals surface area contributed by atoms with E-state index in [2.05, 4.69) is 21.2 Å². The maximum atomic E-state index is 12.1. The van der Waals surface area contributed by atoms with Gasteiger partial charge < -0.3 is 10.1 Å². The molecular formula is C15H24BrNO2. The number of hydrogen-bond donors (Lipinski definition) is 1. The zero-order valence-corrected chi connectivity index (χ0v) is 13.3. The Balaban J connectivity index is 1.62. The van der Waals surface area contributed by atoms with Gasteiger partial charge in [0.05, 0.1) is 6.61 Å². The van der Waals surface area contributed by atoms with E-state index in [-0.39, 0.29) is 11.3 Å². The predicted molar refractivity (Wildman–Crippen MR) is 78.3 cm³/mol. The van der Waals surface area contributed by atoms with Gasteiger partial charge in [-0.1, -0.05) is 15.9 Å². The summed E-state index contributed by atoms with van der Waals surface area (Å²) in [4.78, 5) is 12.1. The summed E-state index contributed by atoms with van der Waals surface area (Å²) >= 11 is 3.99. The molecule has 19 heavy (non-hydrogen) atoms. The Hall–Kier alpha value is -0.0900. The van der Waals surface area contributed by atoms with E-state index in [1.54, 1.807) is 7.11 Å². The highest BCUT2D eigenvalue weighted by atomic mass is 79.9. The molecule has 4 bridgehead atoms. The minimum absolute atomic E-state index is 0.218. The summed E-state index contributed by atoms with van der Waals surface area (Å²) in [5.74, 6) is 1.93. The van der Waals surface area contributed by atoms with Crippen LogP contribution in [0.1, 0.15) is 44.9 Å². The molecule has 0 aromatic carbocycles. The number of hydrogen-bond acceptors (Lipinski definition) is 2. The van der Waals surface area contributed by atoms with Gasteiger partial charge in [0.2, 0.25) is 5.91 Å². The van der Waals surface area contributed by atoms with Crippen LogP contribution < -0.4 is 5.32 Å². The Kier molecular flexibility index (Phi) is 3.67. The molecule has 4 atom stereocenters. The summed E-state index contributed by atoms with van der Waals surface area (Å²) in [6, 6.07) is 0. The second kappa shape index (κ2) is 5.03. The summed E-state index contributed by atoms with van der Waals surface area (Å²) in [5, 5.41) is 2.99. The average Bonchev–Trinajstić information content (AvgIpc) is 2.24. The van der Waals surface area contributed by atoms with Gasteiger partial charge >= 0.3 is 0 Å². The van der Waals surface area contributed by atoms with Crippen molar-refractivity contribution < 1.29 is 9.53 Å². The molecule has 0 radical (unpaired) electrons. The van der Waals surface area contributed by atoms with Gasteiger partial charge in [-0.05, 0) is 55.8 Å². The van der Waals surface area contributed by atoms with Crippen molar-refractivity contribution in [3.05, 3.63) is 0 Å². The van der Waals surface area contributed by atoms with Crippen LogP contribution in [0.2, 0.25) is 0 Å². The third kappa shape index (κ3) is 2.85. The van der Waals surface area contributed by atoms with Crippen molar-refractivity contribution in [2.75, 3.05) is 20.3 Å². The highest BCUT2D eigenvalue weighted by molar-refractivity contribution is 9.10. The predicted octanol–water partition coefficient (Wildman–Crippen LogP) is 2.87. The van der Waals surface area contributed by atoms with Crippen LogP contribution >= 0.6 is 15.9 Å². The fraction of sp³-hybridized carbons (Fsp3) is 0.933. The van der Waals surface area contributed by atoms with E-state index < -0.39 is 0 Å². The lowest BCUT2D eigenvalue weighted by molar-refractivity contribution is -0.128. The largest absolute Gasteiger partial charge is 0.383 e. The molecule has 0 spiro atoms. The first-order chi connectivity index (χ1) is 9.03. The molecule has 4 heteroatoms. The van der Waals surface area contributed by atoms with Crippen LogP contribution in [0.25, 0.3) is 0 Å². The van der Waals surface area contributed by atoms with E-state index in [0.29, 0.717) is 17.5 Å². The lowest BCUT2D eigenvalue weighted by Gasteiger charge is -2.60. The number of rotatable bonds is 5. The molecule has 0 aromatic rings. The zero-order chi connectivity index (χ0) is 13.5. The van der Waals surface area contributed by atoms with Gasteiger partial charge in [0, 0.05) is 24.4 Å². The maximum Gasteiger partial charge on any atom is 0.220 e. The average molecular weight is 330 g/mol. The molecule has 3 nitrogen and oxygen atoms in total. The fourth-order valence-corrected chi connectivity index (χ4v) is 6.75. The molecule has 1 amide bonds. The van der Waals surface area contributed by atoms with Crippen LogP contribution in [0.15, 0.2) is 0 Å². The van der Waals surface area contributed by atoms with E-state index in [0.717, 1.165) is 18.3 Å². The van der Waals surface area contributed by atoms with E-state index in [9.17, 15) is 4.79 Å². The minimum atomic E-state index is 0.218. The van der Waals surface area contributed by atoms with E-state index >= 15 is 0 Å². The third-order valence-corrected chi connectivity index (χ3v) is 6.20. The van der Waals surface area contributed by atoms with E-state index in [4.69, 9.17) is 4.74 Å². The summed E-state index contributed by atoms with van der Waals surface area (Å²) in [5.41, 5.74) is 0.282. The van der Waals surface area contributed by atoms with Gasteiger partial charge in [0.25, 0.3) is 0 Å². The van der Waals surface area contributed by atoms with Crippen molar-refractivity contribution in [1.29, 1.82) is 0 Å². The van der Waals surface area contributed by atoms with Crippen LogP contribution in [0.3, 0.4) is 0 Å². The van der Waals surface area contributed by atoms with Gasteiger partial charge in [0.15, 0.2) is 0 Å². The lowest BCUT2D eigenvalue weighted by Crippen LogP contribution is -2.54. The van der Waals surface area contributed by atoms with E-state index in [1.807, 2.05) is 0 Å². The zero-order valence-electron chi connectivity index (χ0n) is 11.7. The number of halogens is 1. The van der Waals surface area contributed by atoms with Crippen LogP contribution in [-0.2, 0) is 9.53 Å². The quantitative estimate of drug-likeness (QED) is 0.622. The topological polar surface area (TPSA) is 38.3 Å². The number of nitrogens with one attached hydrogen (secondary N) is 1. The van der Waals surface area contributed by atoms with Crippen molar-refractivity contribution in [3.63, 3.8) is 0 Å². The van der Waals surface area contributed by atoms with Crippen molar-refractivity contribution >= 4 is 21.8 Å². The second-order valence-electron chi connectivity index (χ2n) is 7.13. The monoisotopic (exact) mass is 329 g/mol. The Morgan fingerprint density at radius 1 is 1.32 bits per heavy atom. The molecule has 108 valence electrons. The Morgan fingerprint density at radius 2 is 2.00 bits per heavy atom. The fourth-order valence-electron chi connectivity index (χ4n) is 5.24. The number of carbonyl (C=O) groups is 1. The number of amides is 1. The molecule has 4 fully saturated rings. The highest BCUT2D eigenvalue weighted by Crippen LogP contribution is 2.65. The Morgan fingerprint density at radius 3 is 2.58 bits per heavy atom. The van der Waals surface area contributed by atoms with Crippen molar-refractivity contribution in [2.24, 2.45) is 17.3 Å². The molecule has 1 N–H and O–H groups in total. The molecular weight excluding hydrogens is 306 g/mol. The first-order valence-corrected chi connectivity index (χ1v) is 8.26. The second-order valence-corrected chi connectivity index (χ2v) is 8.81. The number of ether oxygens (including phenoxy) is 1. The number of alkyl halides is 1. The minimum Gasteiger partial charge on any atom is -0.383 e. The first kappa shape index (κ1) is 13.9. The molecule has 0 aliphatic heterocycles. The van der Waals surface area contributed by atoms with Crippen molar-refractivity contribution in [3.8, 4) is 0 Å². The molecule has 0 aromatic heterocycles. The van der Waals surface area contributed by atoms with Crippen molar-refractivity contribution in [1.82, 2.24) is 5.32 Å². The molecule has 4 saturated carbocycles. The smallest absolute Gasteiger partial charge is 0.220 e. The summed E-state index contributed by atoms with van der Waals surface area (Å²) in [6.07, 6.45) is 8.53. The van der Waals surface area contributed by atoms with Crippen molar-refractivity contribution in [2.45, 2.75) is 49.3 Å².